The van der Waals surface area contributed by atoms with Crippen LogP contribution in [0.5, 0.6) is 0 Å². The lowest BCUT2D eigenvalue weighted by Gasteiger charge is -2.36. The Morgan fingerprint density at radius 2 is 1.81 bits per heavy atom. The first-order valence-corrected chi connectivity index (χ1v) is 8.40. The van der Waals surface area contributed by atoms with Crippen LogP contribution < -0.4 is 26.6 Å². The number of nitrogens with one attached hydrogen (secondary N) is 1. The molecule has 1 aromatic heterocycles. The SMILES string of the molecule is NNC(=O)CCn1nc(N2CCN(c3ccccc3F)CC2)ccc1=O. The second-order valence-electron chi connectivity index (χ2n) is 6.00. The number of halogens is 1. The van der Waals surface area contributed by atoms with Crippen LogP contribution >= 0.6 is 0 Å². The molecule has 2 aromatic rings. The molecule has 26 heavy (non-hydrogen) atoms. The summed E-state index contributed by atoms with van der Waals surface area (Å²) in [5.41, 5.74) is 2.35. The van der Waals surface area contributed by atoms with Crippen LogP contribution in [0.1, 0.15) is 6.42 Å². The molecule has 1 aliphatic rings. The van der Waals surface area contributed by atoms with E-state index in [1.807, 2.05) is 21.3 Å². The summed E-state index contributed by atoms with van der Waals surface area (Å²) in [6, 6.07) is 9.82. The number of amides is 1. The summed E-state index contributed by atoms with van der Waals surface area (Å²) in [6.07, 6.45) is 0.0773. The molecule has 8 nitrogen and oxygen atoms in total. The fourth-order valence-electron chi connectivity index (χ4n) is 2.93. The lowest BCUT2D eigenvalue weighted by atomic mass is 10.2. The number of piperazine rings is 1. The largest absolute Gasteiger partial charge is 0.366 e. The average molecular weight is 360 g/mol. The second kappa shape index (κ2) is 7.96. The minimum atomic E-state index is -0.359. The fraction of sp³-hybridized carbons (Fsp3) is 0.353. The summed E-state index contributed by atoms with van der Waals surface area (Å²) in [7, 11) is 0. The molecule has 3 N–H and O–H groups in total. The van der Waals surface area contributed by atoms with E-state index in [0.29, 0.717) is 37.7 Å². The second-order valence-corrected chi connectivity index (χ2v) is 6.00. The van der Waals surface area contributed by atoms with Crippen LogP contribution in [0.25, 0.3) is 0 Å². The molecule has 1 saturated heterocycles. The first-order valence-electron chi connectivity index (χ1n) is 8.40. The zero-order valence-electron chi connectivity index (χ0n) is 14.3. The number of carbonyl (C=O) groups is 1. The Bertz CT molecular complexity index is 832. The molecule has 0 saturated carbocycles. The molecule has 0 aliphatic carbocycles. The minimum Gasteiger partial charge on any atom is -0.366 e. The third-order valence-corrected chi connectivity index (χ3v) is 4.36. The summed E-state index contributed by atoms with van der Waals surface area (Å²) in [5.74, 6) is 5.11. The van der Waals surface area contributed by atoms with Gasteiger partial charge < -0.3 is 9.80 Å². The van der Waals surface area contributed by atoms with Crippen molar-refractivity contribution in [1.82, 2.24) is 15.2 Å². The maximum atomic E-state index is 13.9. The molecule has 3 rings (SSSR count). The molecular formula is C17H21FN6O2. The van der Waals surface area contributed by atoms with Crippen LogP contribution in [-0.4, -0.2) is 41.9 Å². The van der Waals surface area contributed by atoms with Gasteiger partial charge in [0, 0.05) is 38.7 Å². The normalized spacial score (nSPS) is 14.4. The van der Waals surface area contributed by atoms with E-state index < -0.39 is 0 Å². The number of carbonyl (C=O) groups excluding carboxylic acids is 1. The van der Waals surface area contributed by atoms with E-state index in [4.69, 9.17) is 5.84 Å². The highest BCUT2D eigenvalue weighted by molar-refractivity contribution is 5.75. The van der Waals surface area contributed by atoms with E-state index in [1.165, 1.54) is 16.8 Å². The Kier molecular flexibility index (Phi) is 5.47. The van der Waals surface area contributed by atoms with Crippen LogP contribution in [0.15, 0.2) is 41.2 Å². The van der Waals surface area contributed by atoms with Crippen molar-refractivity contribution in [3.63, 3.8) is 0 Å². The number of nitrogens with two attached hydrogens (primary N) is 1. The summed E-state index contributed by atoms with van der Waals surface area (Å²) in [5, 5.41) is 4.33. The van der Waals surface area contributed by atoms with Crippen molar-refractivity contribution in [3.05, 3.63) is 52.6 Å². The van der Waals surface area contributed by atoms with Crippen molar-refractivity contribution in [2.24, 2.45) is 5.84 Å². The smallest absolute Gasteiger partial charge is 0.266 e. The number of aryl methyl sites for hydroxylation is 1. The highest BCUT2D eigenvalue weighted by Crippen LogP contribution is 2.21. The van der Waals surface area contributed by atoms with Gasteiger partial charge in [-0.25, -0.2) is 14.9 Å². The number of aromatic nitrogens is 2. The number of rotatable bonds is 5. The topological polar surface area (TPSA) is 96.5 Å². The predicted molar refractivity (Wildman–Crippen MR) is 96.3 cm³/mol. The maximum absolute atomic E-state index is 13.9. The highest BCUT2D eigenvalue weighted by atomic mass is 19.1. The van der Waals surface area contributed by atoms with Crippen molar-refractivity contribution in [1.29, 1.82) is 0 Å². The third-order valence-electron chi connectivity index (χ3n) is 4.36. The van der Waals surface area contributed by atoms with Crippen LogP contribution in [0, 0.1) is 5.82 Å². The first kappa shape index (κ1) is 17.9. The van der Waals surface area contributed by atoms with Gasteiger partial charge in [0.1, 0.15) is 11.6 Å². The van der Waals surface area contributed by atoms with Gasteiger partial charge in [-0.05, 0) is 18.2 Å². The number of hydrogen-bond acceptors (Lipinski definition) is 6. The van der Waals surface area contributed by atoms with E-state index in [2.05, 4.69) is 5.10 Å². The molecular weight excluding hydrogens is 339 g/mol. The number of hydrogen-bond donors (Lipinski definition) is 2. The van der Waals surface area contributed by atoms with Gasteiger partial charge in [-0.2, -0.15) is 5.10 Å². The molecule has 0 bridgehead atoms. The molecule has 1 aromatic carbocycles. The van der Waals surface area contributed by atoms with E-state index in [-0.39, 0.29) is 30.2 Å². The van der Waals surface area contributed by atoms with Crippen molar-refractivity contribution >= 4 is 17.4 Å². The Hall–Kier alpha value is -2.94. The van der Waals surface area contributed by atoms with Crippen molar-refractivity contribution in [3.8, 4) is 0 Å². The van der Waals surface area contributed by atoms with Gasteiger partial charge in [0.25, 0.3) is 5.56 Å². The Morgan fingerprint density at radius 1 is 1.12 bits per heavy atom. The maximum Gasteiger partial charge on any atom is 0.266 e. The van der Waals surface area contributed by atoms with Crippen molar-refractivity contribution < 1.29 is 9.18 Å². The van der Waals surface area contributed by atoms with Gasteiger partial charge in [0.15, 0.2) is 0 Å². The molecule has 0 unspecified atom stereocenters. The summed E-state index contributed by atoms with van der Waals surface area (Å²) in [4.78, 5) is 27.2. The molecule has 2 heterocycles. The molecule has 0 atom stereocenters. The lowest BCUT2D eigenvalue weighted by Crippen LogP contribution is -2.47. The number of anilines is 2. The Morgan fingerprint density at radius 3 is 2.50 bits per heavy atom. The van der Waals surface area contributed by atoms with Crippen molar-refractivity contribution in [2.45, 2.75) is 13.0 Å². The lowest BCUT2D eigenvalue weighted by molar-refractivity contribution is -0.121. The van der Waals surface area contributed by atoms with Crippen LogP contribution in [0.3, 0.4) is 0 Å². The van der Waals surface area contributed by atoms with Gasteiger partial charge in [-0.1, -0.05) is 12.1 Å². The van der Waals surface area contributed by atoms with Gasteiger partial charge in [-0.3, -0.25) is 15.0 Å². The van der Waals surface area contributed by atoms with Crippen LogP contribution in [0.2, 0.25) is 0 Å². The fourth-order valence-corrected chi connectivity index (χ4v) is 2.93. The molecule has 1 fully saturated rings. The van der Waals surface area contributed by atoms with Crippen molar-refractivity contribution in [2.75, 3.05) is 36.0 Å². The van der Waals surface area contributed by atoms with Gasteiger partial charge >= 0.3 is 0 Å². The van der Waals surface area contributed by atoms with Gasteiger partial charge in [-0.15, -0.1) is 0 Å². The molecule has 138 valence electrons. The molecule has 0 spiro atoms. The number of para-hydroxylation sites is 1. The third kappa shape index (κ3) is 3.99. The van der Waals surface area contributed by atoms with Crippen LogP contribution in [0.4, 0.5) is 15.9 Å². The molecule has 0 radical (unpaired) electrons. The zero-order valence-corrected chi connectivity index (χ0v) is 14.3. The average Bonchev–Trinajstić information content (AvgIpc) is 2.67. The molecule has 1 amide bonds. The summed E-state index contributed by atoms with van der Waals surface area (Å²) < 4.78 is 15.2. The predicted octanol–water partition coefficient (Wildman–Crippen LogP) is 0.0890. The van der Waals surface area contributed by atoms with Gasteiger partial charge in [0.05, 0.1) is 12.2 Å². The Balaban J connectivity index is 1.67. The Labute approximate surface area is 150 Å². The monoisotopic (exact) mass is 360 g/mol. The summed E-state index contributed by atoms with van der Waals surface area (Å²) >= 11 is 0. The van der Waals surface area contributed by atoms with Crippen LogP contribution in [-0.2, 0) is 11.3 Å². The summed E-state index contributed by atoms with van der Waals surface area (Å²) in [6.45, 7) is 2.77. The zero-order chi connectivity index (χ0) is 18.5. The number of nitrogens with zero attached hydrogens (tertiary/aromatic N) is 4. The standard InChI is InChI=1S/C17H21FN6O2/c18-13-3-1-2-4-14(13)22-9-11-23(12-10-22)15-5-6-17(26)24(21-15)8-7-16(25)20-19/h1-6H,7-12,19H2,(H,20,25). The number of hydrazine groups is 1. The first-order chi connectivity index (χ1) is 12.6. The quantitative estimate of drug-likeness (QED) is 0.446. The minimum absolute atomic E-state index is 0.0773. The highest BCUT2D eigenvalue weighted by Gasteiger charge is 2.20. The van der Waals surface area contributed by atoms with E-state index in [1.54, 1.807) is 18.2 Å². The van der Waals surface area contributed by atoms with Gasteiger partial charge in [0.2, 0.25) is 5.91 Å². The van der Waals surface area contributed by atoms with E-state index in [0.717, 1.165) is 0 Å². The molecule has 9 heteroatoms. The molecule has 1 aliphatic heterocycles. The van der Waals surface area contributed by atoms with E-state index in [9.17, 15) is 14.0 Å². The number of benzene rings is 1. The van der Waals surface area contributed by atoms with E-state index >= 15 is 0 Å².